The Kier molecular flexibility index (Phi) is 21.7. The average Bonchev–Trinajstić information content (AvgIpc) is 3.22. The summed E-state index contributed by atoms with van der Waals surface area (Å²) < 4.78 is 9.15. The minimum absolute atomic E-state index is 0. The second-order valence-electron chi connectivity index (χ2n) is 14.5. The van der Waals surface area contributed by atoms with E-state index < -0.39 is 12.2 Å². The summed E-state index contributed by atoms with van der Waals surface area (Å²) in [5.74, 6) is -0.262. The molecule has 2 aliphatic heterocycles. The van der Waals surface area contributed by atoms with Crippen LogP contribution in [0.3, 0.4) is 0 Å². The number of nitrogens with zero attached hydrogens (tertiary/aromatic N) is 6. The van der Waals surface area contributed by atoms with Gasteiger partial charge in [0.2, 0.25) is 11.8 Å². The monoisotopic (exact) mass is 909 g/mol. The Balaban J connectivity index is 0.00000310. The van der Waals surface area contributed by atoms with Crippen molar-refractivity contribution < 1.29 is 77.9 Å². The van der Waals surface area contributed by atoms with Crippen molar-refractivity contribution in [1.29, 1.82) is 0 Å². The third-order valence-corrected chi connectivity index (χ3v) is 10.0. The molecule has 59 heavy (non-hydrogen) atoms. The molecule has 4 aromatic heterocycles. The Hall–Kier alpha value is -3.71. The fourth-order valence-electron chi connectivity index (χ4n) is 7.32. The number of aromatic nitrogens is 4. The van der Waals surface area contributed by atoms with E-state index in [4.69, 9.17) is 4.74 Å². The van der Waals surface area contributed by atoms with Gasteiger partial charge in [0.25, 0.3) is 0 Å². The summed E-state index contributed by atoms with van der Waals surface area (Å²) in [6.07, 6.45) is 9.27. The van der Waals surface area contributed by atoms with Crippen molar-refractivity contribution in [1.82, 2.24) is 30.4 Å². The van der Waals surface area contributed by atoms with Gasteiger partial charge in [-0.3, -0.25) is 28.7 Å². The third kappa shape index (κ3) is 14.8. The molecule has 2 amide bonds. The molecule has 4 aromatic rings. The van der Waals surface area contributed by atoms with Crippen LogP contribution in [-0.2, 0) is 61.6 Å². The summed E-state index contributed by atoms with van der Waals surface area (Å²) in [4.78, 5) is 39.2. The first kappa shape index (κ1) is 49.6. The number of fused-ring (bicyclic) bond motifs is 2. The Labute approximate surface area is 374 Å². The normalized spacial score (nSPS) is 14.7. The minimum Gasteiger partial charge on any atom is -0.850 e. The first-order valence-corrected chi connectivity index (χ1v) is 19.6. The average molecular weight is 913 g/mol. The van der Waals surface area contributed by atoms with Gasteiger partial charge in [-0.1, -0.05) is 43.8 Å². The van der Waals surface area contributed by atoms with Crippen molar-refractivity contribution >= 4 is 11.8 Å². The first-order valence-electron chi connectivity index (χ1n) is 19.6. The largest absolute Gasteiger partial charge is 2.00 e. The van der Waals surface area contributed by atoms with Gasteiger partial charge < -0.3 is 40.7 Å². The van der Waals surface area contributed by atoms with E-state index in [2.05, 4.69) is 52.5 Å². The van der Waals surface area contributed by atoms with E-state index in [9.17, 15) is 19.8 Å². The molecule has 2 atom stereocenters. The van der Waals surface area contributed by atoms with Crippen LogP contribution >= 0.6 is 0 Å². The van der Waals surface area contributed by atoms with Gasteiger partial charge >= 0.3 is 39.0 Å². The van der Waals surface area contributed by atoms with Gasteiger partial charge in [0.05, 0.1) is 24.9 Å². The van der Waals surface area contributed by atoms with Gasteiger partial charge in [0.1, 0.15) is 42.3 Å². The quantitative estimate of drug-likeness (QED) is 0.0399. The van der Waals surface area contributed by atoms with Gasteiger partial charge in [0, 0.05) is 76.6 Å². The number of nitrogens with one attached hydrogen (secondary N) is 2. The summed E-state index contributed by atoms with van der Waals surface area (Å²) in [7, 11) is 1.57. The zero-order chi connectivity index (χ0) is 39.1. The zero-order valence-corrected chi connectivity index (χ0v) is 39.6. The van der Waals surface area contributed by atoms with E-state index in [1.165, 1.54) is 0 Å². The number of quaternary nitrogens is 1. The maximum absolute atomic E-state index is 13.8. The predicted octanol–water partition coefficient (Wildman–Crippen LogP) is -0.423. The van der Waals surface area contributed by atoms with E-state index in [-0.39, 0.29) is 58.2 Å². The van der Waals surface area contributed by atoms with Crippen LogP contribution in [0.5, 0.6) is 0 Å². The molecule has 0 bridgehead atoms. The molecule has 306 valence electrons. The number of hydrogen-bond acceptors (Lipinski definition) is 9. The molecule has 0 aliphatic carbocycles. The summed E-state index contributed by atoms with van der Waals surface area (Å²) in [5.41, 5.74) is 4.26. The second kappa shape index (κ2) is 25.8. The molecule has 16 heteroatoms. The molecule has 2 unspecified atom stereocenters. The minimum atomic E-state index is -0.854. The summed E-state index contributed by atoms with van der Waals surface area (Å²) >= 11 is 0. The molecule has 0 saturated heterocycles. The number of ether oxygens (including phenoxy) is 1. The Morgan fingerprint density at radius 3 is 2.14 bits per heavy atom. The smallest absolute Gasteiger partial charge is 0.850 e. The van der Waals surface area contributed by atoms with Crippen LogP contribution in [0, 0.1) is 12.1 Å². The van der Waals surface area contributed by atoms with Crippen molar-refractivity contribution in [2.45, 2.75) is 58.4 Å². The van der Waals surface area contributed by atoms with Crippen LogP contribution in [0.1, 0.15) is 66.2 Å². The molecule has 0 saturated carbocycles. The van der Waals surface area contributed by atoms with Gasteiger partial charge in [-0.05, 0) is 50.6 Å². The van der Waals surface area contributed by atoms with Crippen LogP contribution in [0.4, 0.5) is 0 Å². The van der Waals surface area contributed by atoms with E-state index in [0.717, 1.165) is 60.7 Å². The SMILES string of the molecule is C.COCC(O)C[NH2+]CCCCCC(=O)NCCNC(=O)c1ccc2[n+](c1)[C-](c1ccccn1)CN(CC([O-])CN1Cc3cccc[n+]3[C-](c3ccccn3)C1)C2.[Zn+2].[Zn+2]. The van der Waals surface area contributed by atoms with Gasteiger partial charge in [-0.2, -0.15) is 0 Å². The van der Waals surface area contributed by atoms with E-state index in [0.29, 0.717) is 77.5 Å². The van der Waals surface area contributed by atoms with Crippen molar-refractivity contribution in [3.8, 4) is 0 Å². The van der Waals surface area contributed by atoms with Gasteiger partial charge in [-0.15, -0.1) is 18.2 Å². The number of hydrogen-bond donors (Lipinski definition) is 4. The fourth-order valence-corrected chi connectivity index (χ4v) is 7.32. The van der Waals surface area contributed by atoms with Gasteiger partial charge in [0.15, 0.2) is 0 Å². The molecule has 6 rings (SSSR count). The summed E-state index contributed by atoms with van der Waals surface area (Å²) in [6.45, 7) is 5.62. The van der Waals surface area contributed by atoms with Crippen LogP contribution in [0.15, 0.2) is 91.5 Å². The summed E-state index contributed by atoms with van der Waals surface area (Å²) in [5, 5.41) is 31.4. The maximum atomic E-state index is 13.8. The molecule has 0 aromatic carbocycles. The number of aliphatic hydroxyl groups excluding tert-OH is 1. The topological polar surface area (TPSA) is 167 Å². The van der Waals surface area contributed by atoms with E-state index >= 15 is 0 Å². The number of aliphatic hydroxyl groups is 1. The standard InChI is InChI=1S/C42H54N9O5.CH4.2Zn/c1-56-31-35(52)23-43-17-7-2-3-14-41(54)46-20-21-47-42(55)32-15-16-34-26-49(30-40(51(34)24-32)38-13-5-9-19-45-38)28-36(53)27-48-25-33-11-6-10-22-50(33)39(29-48)37-12-4-8-18-44-37;;;/h4-6,8-13,15-16,18-19,22,24,35-36,43,52H,2-3,7,14,17,20-21,23,25-31H2,1H3,(H,46,54)(H,47,55);1H4;;/q-1;;2*+2/p+1. The second-order valence-corrected chi connectivity index (χ2v) is 14.5. The molecular weight excluding hydrogens is 853 g/mol. The van der Waals surface area contributed by atoms with Gasteiger partial charge in [-0.25, -0.2) is 0 Å². The van der Waals surface area contributed by atoms with Crippen LogP contribution < -0.4 is 30.2 Å². The molecular formula is C43H59N9O5Zn2+4. The van der Waals surface area contributed by atoms with Crippen molar-refractivity contribution in [2.75, 3.05) is 66.1 Å². The molecule has 0 spiro atoms. The fraction of sp³-hybridized carbons (Fsp3) is 0.442. The molecule has 2 aliphatic rings. The maximum Gasteiger partial charge on any atom is 2.00 e. The molecule has 0 fully saturated rings. The molecule has 6 heterocycles. The summed E-state index contributed by atoms with van der Waals surface area (Å²) in [6, 6.07) is 23.5. The van der Waals surface area contributed by atoms with Crippen LogP contribution in [-0.4, -0.2) is 115 Å². The first-order chi connectivity index (χ1) is 27.4. The number of unbranched alkanes of at least 4 members (excludes halogenated alkanes) is 2. The van der Waals surface area contributed by atoms with E-state index in [1.807, 2.05) is 71.4 Å². The Morgan fingerprint density at radius 1 is 0.864 bits per heavy atom. The molecule has 14 nitrogen and oxygen atoms in total. The number of methoxy groups -OCH3 is 1. The molecule has 0 radical (unpaired) electrons. The number of carbonyl (C=O) groups excluding carboxylic acids is 2. The van der Waals surface area contributed by atoms with Crippen LogP contribution in [0.2, 0.25) is 0 Å². The van der Waals surface area contributed by atoms with Crippen LogP contribution in [0.25, 0.3) is 0 Å². The zero-order valence-electron chi connectivity index (χ0n) is 33.7. The number of amides is 2. The van der Waals surface area contributed by atoms with E-state index in [1.54, 1.807) is 19.5 Å². The van der Waals surface area contributed by atoms with Crippen molar-refractivity contribution in [3.63, 3.8) is 0 Å². The third-order valence-electron chi connectivity index (χ3n) is 10.0. The molecule has 5 N–H and O–H groups in total. The number of pyridine rings is 4. The number of carbonyl (C=O) groups is 2. The van der Waals surface area contributed by atoms with Crippen molar-refractivity contribution in [3.05, 3.63) is 132 Å². The Bertz CT molecular complexity index is 1850. The number of nitrogens with two attached hydrogens (primary N) is 1. The van der Waals surface area contributed by atoms with Crippen molar-refractivity contribution in [2.24, 2.45) is 0 Å². The Morgan fingerprint density at radius 2 is 1.49 bits per heavy atom. The predicted molar refractivity (Wildman–Crippen MR) is 212 cm³/mol. The number of rotatable bonds is 20.